The summed E-state index contributed by atoms with van der Waals surface area (Å²) < 4.78 is 25.2. The maximum absolute atomic E-state index is 12.0. The van der Waals surface area contributed by atoms with Gasteiger partial charge < -0.3 is 10.6 Å². The molecule has 0 aliphatic heterocycles. The third kappa shape index (κ3) is 5.38. The Morgan fingerprint density at radius 1 is 1.36 bits per heavy atom. The largest absolute Gasteiger partial charge is 0.336 e. The van der Waals surface area contributed by atoms with E-state index in [1.165, 1.54) is 4.31 Å². The molecule has 0 saturated heterocycles. The predicted octanol–water partition coefficient (Wildman–Crippen LogP) is 2.12. The lowest BCUT2D eigenvalue weighted by molar-refractivity contribution is 0.239. The Bertz CT molecular complexity index is 632. The molecule has 1 aromatic rings. The van der Waals surface area contributed by atoms with E-state index < -0.39 is 10.0 Å². The molecule has 0 unspecified atom stereocenters. The maximum Gasteiger partial charge on any atom is 0.315 e. The number of amides is 2. The van der Waals surface area contributed by atoms with Crippen molar-refractivity contribution in [3.05, 3.63) is 28.8 Å². The molecule has 22 heavy (non-hydrogen) atoms. The molecule has 6 nitrogen and oxygen atoms in total. The van der Waals surface area contributed by atoms with Crippen molar-refractivity contribution in [2.45, 2.75) is 26.8 Å². The number of hydrogen-bond acceptors (Lipinski definition) is 3. The van der Waals surface area contributed by atoms with E-state index in [4.69, 9.17) is 11.6 Å². The third-order valence-electron chi connectivity index (χ3n) is 2.93. The summed E-state index contributed by atoms with van der Waals surface area (Å²) in [6.45, 7) is 5.77. The van der Waals surface area contributed by atoms with Gasteiger partial charge in [0.1, 0.15) is 0 Å². The molecule has 0 aromatic heterocycles. The summed E-state index contributed by atoms with van der Waals surface area (Å²) in [5.41, 5.74) is 1.20. The fourth-order valence-electron chi connectivity index (χ4n) is 1.92. The number of benzene rings is 1. The van der Waals surface area contributed by atoms with Gasteiger partial charge in [0.15, 0.2) is 0 Å². The van der Waals surface area contributed by atoms with E-state index >= 15 is 0 Å². The second kappa shape index (κ2) is 7.69. The molecular formula is C14H22ClN3O3S. The lowest BCUT2D eigenvalue weighted by Crippen LogP contribution is -2.44. The van der Waals surface area contributed by atoms with Crippen molar-refractivity contribution in [2.75, 3.05) is 23.7 Å². The number of anilines is 1. The van der Waals surface area contributed by atoms with Crippen molar-refractivity contribution in [3.8, 4) is 0 Å². The van der Waals surface area contributed by atoms with Crippen LogP contribution in [0.25, 0.3) is 0 Å². The minimum atomic E-state index is -3.48. The molecule has 2 amide bonds. The molecule has 0 atom stereocenters. The summed E-state index contributed by atoms with van der Waals surface area (Å²) in [6, 6.07) is 4.78. The molecule has 8 heteroatoms. The van der Waals surface area contributed by atoms with Crippen molar-refractivity contribution < 1.29 is 13.2 Å². The number of carbonyl (C=O) groups is 1. The highest BCUT2D eigenvalue weighted by Crippen LogP contribution is 2.27. The number of nitrogens with zero attached hydrogens (tertiary/aromatic N) is 1. The first-order chi connectivity index (χ1) is 10.1. The minimum absolute atomic E-state index is 0.0150. The van der Waals surface area contributed by atoms with Crippen LogP contribution in [0.15, 0.2) is 18.2 Å². The van der Waals surface area contributed by atoms with Crippen LogP contribution in [0.5, 0.6) is 0 Å². The highest BCUT2D eigenvalue weighted by atomic mass is 35.5. The second-order valence-corrected chi connectivity index (χ2v) is 7.59. The third-order valence-corrected chi connectivity index (χ3v) is 4.52. The van der Waals surface area contributed by atoms with Crippen LogP contribution in [0.2, 0.25) is 5.02 Å². The van der Waals surface area contributed by atoms with Crippen LogP contribution in [0.4, 0.5) is 10.5 Å². The smallest absolute Gasteiger partial charge is 0.315 e. The van der Waals surface area contributed by atoms with Gasteiger partial charge in [0.2, 0.25) is 10.0 Å². The highest BCUT2D eigenvalue weighted by molar-refractivity contribution is 7.92. The maximum atomic E-state index is 12.0. The number of hydrogen-bond donors (Lipinski definition) is 2. The van der Waals surface area contributed by atoms with E-state index in [-0.39, 0.29) is 25.2 Å². The van der Waals surface area contributed by atoms with Gasteiger partial charge in [-0.05, 0) is 38.5 Å². The van der Waals surface area contributed by atoms with E-state index in [1.54, 1.807) is 25.1 Å². The molecule has 0 bridgehead atoms. The van der Waals surface area contributed by atoms with Crippen LogP contribution >= 0.6 is 11.6 Å². The van der Waals surface area contributed by atoms with Crippen molar-refractivity contribution in [1.82, 2.24) is 10.6 Å². The minimum Gasteiger partial charge on any atom is -0.336 e. The molecule has 2 N–H and O–H groups in total. The summed E-state index contributed by atoms with van der Waals surface area (Å²) in [4.78, 5) is 11.5. The van der Waals surface area contributed by atoms with Gasteiger partial charge >= 0.3 is 6.03 Å². The average Bonchev–Trinajstić information content (AvgIpc) is 2.36. The average molecular weight is 348 g/mol. The van der Waals surface area contributed by atoms with Crippen LogP contribution in [-0.4, -0.2) is 39.8 Å². The van der Waals surface area contributed by atoms with Gasteiger partial charge in [0.05, 0.1) is 18.5 Å². The standard InChI is InChI=1S/C14H22ClN3O3S/c1-10(2)17-14(19)16-8-9-18(22(4,20)21)13-7-5-6-12(15)11(13)3/h5-7,10H,8-9H2,1-4H3,(H2,16,17,19). The number of carbonyl (C=O) groups excluding carboxylic acids is 1. The van der Waals surface area contributed by atoms with Crippen molar-refractivity contribution in [2.24, 2.45) is 0 Å². The molecule has 1 aromatic carbocycles. The number of halogens is 1. The molecule has 0 radical (unpaired) electrons. The lowest BCUT2D eigenvalue weighted by Gasteiger charge is -2.24. The van der Waals surface area contributed by atoms with Crippen molar-refractivity contribution in [1.29, 1.82) is 0 Å². The summed E-state index contributed by atoms with van der Waals surface area (Å²) in [7, 11) is -3.48. The zero-order chi connectivity index (χ0) is 16.9. The summed E-state index contributed by atoms with van der Waals surface area (Å²) in [6.07, 6.45) is 1.13. The quantitative estimate of drug-likeness (QED) is 0.827. The van der Waals surface area contributed by atoms with Gasteiger partial charge in [-0.15, -0.1) is 0 Å². The Morgan fingerprint density at radius 3 is 2.55 bits per heavy atom. The molecule has 0 aliphatic carbocycles. The number of rotatable bonds is 6. The zero-order valence-corrected chi connectivity index (χ0v) is 14.8. The Kier molecular flexibility index (Phi) is 6.49. The van der Waals surface area contributed by atoms with Crippen molar-refractivity contribution >= 4 is 33.3 Å². The summed E-state index contributed by atoms with van der Waals surface area (Å²) in [5, 5.41) is 5.80. The normalized spacial score (nSPS) is 11.4. The van der Waals surface area contributed by atoms with E-state index in [9.17, 15) is 13.2 Å². The number of nitrogens with one attached hydrogen (secondary N) is 2. The van der Waals surface area contributed by atoms with Gasteiger partial charge in [0.25, 0.3) is 0 Å². The fourth-order valence-corrected chi connectivity index (χ4v) is 3.06. The van der Waals surface area contributed by atoms with Gasteiger partial charge in [-0.1, -0.05) is 17.7 Å². The first-order valence-electron chi connectivity index (χ1n) is 6.90. The van der Waals surface area contributed by atoms with E-state index in [2.05, 4.69) is 10.6 Å². The molecule has 1 rings (SSSR count). The van der Waals surface area contributed by atoms with E-state index in [0.29, 0.717) is 16.3 Å². The lowest BCUT2D eigenvalue weighted by atomic mass is 10.2. The van der Waals surface area contributed by atoms with Crippen LogP contribution < -0.4 is 14.9 Å². The van der Waals surface area contributed by atoms with Gasteiger partial charge in [-0.3, -0.25) is 4.31 Å². The molecule has 0 spiro atoms. The zero-order valence-electron chi connectivity index (χ0n) is 13.2. The van der Waals surface area contributed by atoms with Crippen LogP contribution in [-0.2, 0) is 10.0 Å². The van der Waals surface area contributed by atoms with Crippen molar-refractivity contribution in [3.63, 3.8) is 0 Å². The number of urea groups is 1. The first-order valence-corrected chi connectivity index (χ1v) is 9.12. The highest BCUT2D eigenvalue weighted by Gasteiger charge is 2.20. The molecule has 0 saturated carbocycles. The SMILES string of the molecule is Cc1c(Cl)cccc1N(CCNC(=O)NC(C)C)S(C)(=O)=O. The molecule has 0 aliphatic rings. The summed E-state index contributed by atoms with van der Waals surface area (Å²) in [5.74, 6) is 0. The van der Waals surface area contributed by atoms with E-state index in [0.717, 1.165) is 6.26 Å². The fraction of sp³-hybridized carbons (Fsp3) is 0.500. The Hall–Kier alpha value is -1.47. The van der Waals surface area contributed by atoms with Crippen LogP contribution in [0, 0.1) is 6.92 Å². The van der Waals surface area contributed by atoms with Crippen LogP contribution in [0.1, 0.15) is 19.4 Å². The first kappa shape index (κ1) is 18.6. The van der Waals surface area contributed by atoms with Crippen LogP contribution in [0.3, 0.4) is 0 Å². The Labute approximate surface area is 136 Å². The molecule has 124 valence electrons. The molecule has 0 heterocycles. The number of sulfonamides is 1. The Balaban J connectivity index is 2.84. The topological polar surface area (TPSA) is 78.5 Å². The van der Waals surface area contributed by atoms with Gasteiger partial charge in [-0.25, -0.2) is 13.2 Å². The monoisotopic (exact) mass is 347 g/mol. The Morgan fingerprint density at radius 2 is 2.00 bits per heavy atom. The second-order valence-electron chi connectivity index (χ2n) is 5.27. The summed E-state index contributed by atoms with van der Waals surface area (Å²) >= 11 is 6.05. The molecular weight excluding hydrogens is 326 g/mol. The molecule has 0 fully saturated rings. The van der Waals surface area contributed by atoms with Gasteiger partial charge in [0, 0.05) is 17.6 Å². The van der Waals surface area contributed by atoms with E-state index in [1.807, 2.05) is 13.8 Å². The van der Waals surface area contributed by atoms with Gasteiger partial charge in [-0.2, -0.15) is 0 Å². The predicted molar refractivity (Wildman–Crippen MR) is 90.0 cm³/mol.